The number of halogens is 4. The molecular formula is C15H16F4N2O3S. The van der Waals surface area contributed by atoms with E-state index in [9.17, 15) is 27.2 Å². The van der Waals surface area contributed by atoms with Crippen LogP contribution in [0.3, 0.4) is 0 Å². The lowest BCUT2D eigenvalue weighted by Gasteiger charge is -2.12. The molecule has 138 valence electrons. The second-order valence-corrected chi connectivity index (χ2v) is 5.72. The predicted octanol–water partition coefficient (Wildman–Crippen LogP) is 3.99. The minimum absolute atomic E-state index is 0.164. The maximum Gasteiger partial charge on any atom is 0.398 e. The lowest BCUT2D eigenvalue weighted by Crippen LogP contribution is -2.33. The highest BCUT2D eigenvalue weighted by atomic mass is 32.2. The van der Waals surface area contributed by atoms with E-state index in [2.05, 4.69) is 5.32 Å². The monoisotopic (exact) mass is 380 g/mol. The number of carbonyl (C=O) groups excluding carboxylic acids is 2. The highest BCUT2D eigenvalue weighted by molar-refractivity contribution is 7.99. The Morgan fingerprint density at radius 1 is 1.32 bits per heavy atom. The van der Waals surface area contributed by atoms with E-state index in [1.165, 1.54) is 6.92 Å². The van der Waals surface area contributed by atoms with Crippen LogP contribution in [0.15, 0.2) is 29.4 Å². The van der Waals surface area contributed by atoms with Gasteiger partial charge in [0.2, 0.25) is 0 Å². The summed E-state index contributed by atoms with van der Waals surface area (Å²) in [6.45, 7) is 3.49. The summed E-state index contributed by atoms with van der Waals surface area (Å²) in [5.74, 6) is -2.78. The first kappa shape index (κ1) is 20.8. The van der Waals surface area contributed by atoms with Crippen LogP contribution in [0.1, 0.15) is 12.5 Å². The fourth-order valence-electron chi connectivity index (χ4n) is 1.58. The fourth-order valence-corrected chi connectivity index (χ4v) is 2.38. The molecule has 0 aliphatic carbocycles. The molecule has 0 aliphatic rings. The molecule has 2 N–H and O–H groups in total. The average Bonchev–Trinajstić information content (AvgIpc) is 2.48. The van der Waals surface area contributed by atoms with Gasteiger partial charge in [-0.15, -0.1) is 11.8 Å². The Morgan fingerprint density at radius 3 is 2.60 bits per heavy atom. The summed E-state index contributed by atoms with van der Waals surface area (Å²) >= 11 is 0.473. The molecule has 0 aliphatic heterocycles. The molecule has 0 fully saturated rings. The molecule has 10 heteroatoms. The molecule has 5 nitrogen and oxygen atoms in total. The minimum Gasteiger partial charge on any atom is -0.501 e. The third-order valence-corrected chi connectivity index (χ3v) is 3.85. The first-order valence-electron chi connectivity index (χ1n) is 7.02. The van der Waals surface area contributed by atoms with Crippen molar-refractivity contribution in [3.8, 4) is 0 Å². The van der Waals surface area contributed by atoms with E-state index in [4.69, 9.17) is 4.74 Å². The van der Waals surface area contributed by atoms with E-state index < -0.39 is 29.7 Å². The van der Waals surface area contributed by atoms with Crippen molar-refractivity contribution >= 4 is 29.4 Å². The standard InChI is InChI=1S/C15H16F4N2O3S/c1-3-24-5-4-13(22)21-14(23)20-11-7-12(9(2)6-10(11)16)25-8-15(17,18)19/h4-7H,3,8H2,1-2H3,(H2,20,21,22,23). The maximum atomic E-state index is 13.9. The van der Waals surface area contributed by atoms with Gasteiger partial charge >= 0.3 is 12.2 Å². The summed E-state index contributed by atoms with van der Waals surface area (Å²) in [6, 6.07) is 1.06. The van der Waals surface area contributed by atoms with Gasteiger partial charge in [-0.2, -0.15) is 13.2 Å². The van der Waals surface area contributed by atoms with Crippen LogP contribution in [0.25, 0.3) is 0 Å². The Balaban J connectivity index is 2.77. The van der Waals surface area contributed by atoms with Gasteiger partial charge in [0.25, 0.3) is 5.91 Å². The van der Waals surface area contributed by atoms with Crippen LogP contribution in [0.2, 0.25) is 0 Å². The zero-order chi connectivity index (χ0) is 19.0. The molecule has 25 heavy (non-hydrogen) atoms. The quantitative estimate of drug-likeness (QED) is 0.339. The summed E-state index contributed by atoms with van der Waals surface area (Å²) in [7, 11) is 0. The van der Waals surface area contributed by atoms with Gasteiger partial charge < -0.3 is 10.1 Å². The number of benzene rings is 1. The smallest absolute Gasteiger partial charge is 0.398 e. The van der Waals surface area contributed by atoms with Crippen LogP contribution in [0.4, 0.5) is 28.0 Å². The predicted molar refractivity (Wildman–Crippen MR) is 85.8 cm³/mol. The van der Waals surface area contributed by atoms with Crippen molar-refractivity contribution in [2.45, 2.75) is 24.9 Å². The van der Waals surface area contributed by atoms with Crippen molar-refractivity contribution in [2.24, 2.45) is 0 Å². The lowest BCUT2D eigenvalue weighted by molar-refractivity contribution is -0.115. The molecule has 0 unspecified atom stereocenters. The van der Waals surface area contributed by atoms with E-state index in [0.717, 1.165) is 24.5 Å². The van der Waals surface area contributed by atoms with E-state index >= 15 is 0 Å². The highest BCUT2D eigenvalue weighted by Crippen LogP contribution is 2.32. The van der Waals surface area contributed by atoms with Crippen LogP contribution in [-0.4, -0.2) is 30.5 Å². The highest BCUT2D eigenvalue weighted by Gasteiger charge is 2.27. The lowest BCUT2D eigenvalue weighted by atomic mass is 10.2. The number of imide groups is 1. The fraction of sp³-hybridized carbons (Fsp3) is 0.333. The summed E-state index contributed by atoms with van der Waals surface area (Å²) in [5.41, 5.74) is -0.0391. The molecule has 0 spiro atoms. The molecule has 0 atom stereocenters. The molecule has 0 saturated carbocycles. The number of rotatable bonds is 6. The van der Waals surface area contributed by atoms with Crippen LogP contribution in [0, 0.1) is 12.7 Å². The number of hydrogen-bond donors (Lipinski definition) is 2. The van der Waals surface area contributed by atoms with E-state index in [1.807, 2.05) is 5.32 Å². The normalized spacial score (nSPS) is 11.4. The minimum atomic E-state index is -4.38. The SMILES string of the molecule is CCOC=CC(=O)NC(=O)Nc1cc(SCC(F)(F)F)c(C)cc1F. The molecule has 0 heterocycles. The first-order chi connectivity index (χ1) is 11.6. The van der Waals surface area contributed by atoms with E-state index in [0.29, 0.717) is 23.9 Å². The van der Waals surface area contributed by atoms with Crippen molar-refractivity contribution in [3.05, 3.63) is 35.9 Å². The van der Waals surface area contributed by atoms with Gasteiger partial charge in [0, 0.05) is 11.0 Å². The van der Waals surface area contributed by atoms with Crippen molar-refractivity contribution < 1.29 is 31.9 Å². The van der Waals surface area contributed by atoms with Crippen LogP contribution < -0.4 is 10.6 Å². The third-order valence-electron chi connectivity index (χ3n) is 2.62. The number of alkyl halides is 3. The zero-order valence-corrected chi connectivity index (χ0v) is 14.2. The van der Waals surface area contributed by atoms with Crippen LogP contribution >= 0.6 is 11.8 Å². The number of thioether (sulfide) groups is 1. The van der Waals surface area contributed by atoms with E-state index in [-0.39, 0.29) is 10.6 Å². The Kier molecular flexibility index (Phi) is 7.75. The molecule has 0 aromatic heterocycles. The largest absolute Gasteiger partial charge is 0.501 e. The Bertz CT molecular complexity index is 663. The molecule has 1 aromatic carbocycles. The van der Waals surface area contributed by atoms with Gasteiger partial charge in [-0.25, -0.2) is 9.18 Å². The second kappa shape index (κ2) is 9.30. The molecular weight excluding hydrogens is 364 g/mol. The van der Waals surface area contributed by atoms with Crippen LogP contribution in [0.5, 0.6) is 0 Å². The van der Waals surface area contributed by atoms with Gasteiger partial charge in [0.05, 0.1) is 24.3 Å². The van der Waals surface area contributed by atoms with Gasteiger partial charge in [-0.1, -0.05) is 0 Å². The number of carbonyl (C=O) groups is 2. The number of anilines is 1. The van der Waals surface area contributed by atoms with Crippen molar-refractivity contribution in [1.29, 1.82) is 0 Å². The Hall–Kier alpha value is -2.23. The molecule has 0 bridgehead atoms. The van der Waals surface area contributed by atoms with Gasteiger partial charge in [0.15, 0.2) is 0 Å². The first-order valence-corrected chi connectivity index (χ1v) is 8.00. The molecule has 1 rings (SSSR count). The maximum absolute atomic E-state index is 13.9. The Labute approximate surface area is 145 Å². The van der Waals surface area contributed by atoms with E-state index in [1.54, 1.807) is 6.92 Å². The molecule has 0 radical (unpaired) electrons. The number of amides is 3. The number of aryl methyl sites for hydroxylation is 1. The second-order valence-electron chi connectivity index (χ2n) is 4.70. The van der Waals surface area contributed by atoms with Crippen LogP contribution in [-0.2, 0) is 9.53 Å². The number of ether oxygens (including phenoxy) is 1. The molecule has 0 saturated heterocycles. The third kappa shape index (κ3) is 7.92. The summed E-state index contributed by atoms with van der Waals surface area (Å²) in [5, 5.41) is 3.98. The van der Waals surface area contributed by atoms with Crippen molar-refractivity contribution in [2.75, 3.05) is 17.7 Å². The number of hydrogen-bond acceptors (Lipinski definition) is 4. The Morgan fingerprint density at radius 2 is 2.00 bits per heavy atom. The van der Waals surface area contributed by atoms with Gasteiger partial charge in [-0.05, 0) is 31.5 Å². The number of nitrogens with one attached hydrogen (secondary N) is 2. The van der Waals surface area contributed by atoms with Crippen molar-refractivity contribution in [3.63, 3.8) is 0 Å². The van der Waals surface area contributed by atoms with Gasteiger partial charge in [-0.3, -0.25) is 10.1 Å². The summed E-state index contributed by atoms with van der Waals surface area (Å²) in [4.78, 5) is 23.2. The molecule has 1 aromatic rings. The number of urea groups is 1. The average molecular weight is 380 g/mol. The molecule has 3 amide bonds. The zero-order valence-electron chi connectivity index (χ0n) is 13.4. The van der Waals surface area contributed by atoms with Crippen molar-refractivity contribution in [1.82, 2.24) is 5.32 Å². The summed E-state index contributed by atoms with van der Waals surface area (Å²) < 4.78 is 55.6. The summed E-state index contributed by atoms with van der Waals surface area (Å²) in [6.07, 6.45) is -2.34. The van der Waals surface area contributed by atoms with Gasteiger partial charge in [0.1, 0.15) is 5.82 Å². The topological polar surface area (TPSA) is 67.4 Å².